The number of halogens is 2. The highest BCUT2D eigenvalue weighted by Gasteiger charge is 2.51. The van der Waals surface area contributed by atoms with Gasteiger partial charge < -0.3 is 9.80 Å². The van der Waals surface area contributed by atoms with Crippen molar-refractivity contribution >= 4 is 37.8 Å². The van der Waals surface area contributed by atoms with Gasteiger partial charge in [0, 0.05) is 29.9 Å². The molecular formula is C25H29BrFN3O4S. The van der Waals surface area contributed by atoms with Gasteiger partial charge in [0.05, 0.1) is 11.4 Å². The van der Waals surface area contributed by atoms with Crippen molar-refractivity contribution in [2.24, 2.45) is 0 Å². The van der Waals surface area contributed by atoms with Crippen molar-refractivity contribution in [1.29, 1.82) is 0 Å². The van der Waals surface area contributed by atoms with Gasteiger partial charge in [-0.3, -0.25) is 9.59 Å². The summed E-state index contributed by atoms with van der Waals surface area (Å²) < 4.78 is 43.5. The highest BCUT2D eigenvalue weighted by atomic mass is 79.9. The van der Waals surface area contributed by atoms with E-state index in [1.165, 1.54) is 21.3 Å². The molecule has 0 saturated carbocycles. The SMILES string of the molecule is CCc1cc(Br)ccc1S(=O)(=O)N1CCC(=O)N2C(Cc3ccc(F)cc3)C(=O)N(C(C)C)CC21. The van der Waals surface area contributed by atoms with Crippen LogP contribution in [0.5, 0.6) is 0 Å². The molecule has 188 valence electrons. The largest absolute Gasteiger partial charge is 0.335 e. The zero-order chi connectivity index (χ0) is 25.5. The van der Waals surface area contributed by atoms with Crippen molar-refractivity contribution in [1.82, 2.24) is 14.1 Å². The number of rotatable bonds is 6. The fourth-order valence-corrected chi connectivity index (χ4v) is 7.16. The van der Waals surface area contributed by atoms with Crippen LogP contribution in [0.15, 0.2) is 51.8 Å². The van der Waals surface area contributed by atoms with Crippen molar-refractivity contribution in [2.45, 2.75) is 63.2 Å². The molecule has 2 heterocycles. The van der Waals surface area contributed by atoms with E-state index >= 15 is 0 Å². The van der Waals surface area contributed by atoms with Crippen molar-refractivity contribution in [3.05, 3.63) is 63.9 Å². The van der Waals surface area contributed by atoms with Gasteiger partial charge >= 0.3 is 0 Å². The van der Waals surface area contributed by atoms with Crippen LogP contribution in [0.25, 0.3) is 0 Å². The molecule has 2 aliphatic heterocycles. The third-order valence-electron chi connectivity index (χ3n) is 6.71. The second kappa shape index (κ2) is 9.99. The zero-order valence-electron chi connectivity index (χ0n) is 19.9. The van der Waals surface area contributed by atoms with E-state index in [1.54, 1.807) is 35.2 Å². The number of carbonyl (C=O) groups is 2. The monoisotopic (exact) mass is 565 g/mol. The van der Waals surface area contributed by atoms with E-state index in [0.29, 0.717) is 17.5 Å². The fraction of sp³-hybridized carbons (Fsp3) is 0.440. The number of piperazine rings is 1. The Morgan fingerprint density at radius 1 is 1.11 bits per heavy atom. The molecule has 2 unspecified atom stereocenters. The molecular weight excluding hydrogens is 537 g/mol. The number of carbonyl (C=O) groups excluding carboxylic acids is 2. The Bertz CT molecular complexity index is 1240. The van der Waals surface area contributed by atoms with Crippen molar-refractivity contribution < 1.29 is 22.4 Å². The molecule has 0 N–H and O–H groups in total. The first-order chi connectivity index (χ1) is 16.5. The summed E-state index contributed by atoms with van der Waals surface area (Å²) in [5.74, 6) is -0.874. The third-order valence-corrected chi connectivity index (χ3v) is 9.20. The topological polar surface area (TPSA) is 78.0 Å². The number of amides is 2. The Labute approximate surface area is 214 Å². The Kier molecular flexibility index (Phi) is 7.36. The molecule has 2 aromatic carbocycles. The normalized spacial score (nSPS) is 21.5. The minimum atomic E-state index is -3.95. The lowest BCUT2D eigenvalue weighted by atomic mass is 9.97. The van der Waals surface area contributed by atoms with E-state index in [9.17, 15) is 22.4 Å². The summed E-state index contributed by atoms with van der Waals surface area (Å²) in [5, 5.41) is 0. The molecule has 0 spiro atoms. The number of benzene rings is 2. The summed E-state index contributed by atoms with van der Waals surface area (Å²) in [6.45, 7) is 5.78. The molecule has 35 heavy (non-hydrogen) atoms. The van der Waals surface area contributed by atoms with Gasteiger partial charge in [-0.15, -0.1) is 0 Å². The van der Waals surface area contributed by atoms with E-state index in [2.05, 4.69) is 15.9 Å². The molecule has 2 aliphatic rings. The first kappa shape index (κ1) is 25.8. The van der Waals surface area contributed by atoms with Crippen LogP contribution >= 0.6 is 15.9 Å². The summed E-state index contributed by atoms with van der Waals surface area (Å²) >= 11 is 3.41. The number of aryl methyl sites for hydroxylation is 1. The van der Waals surface area contributed by atoms with Crippen LogP contribution in [0, 0.1) is 5.82 Å². The lowest BCUT2D eigenvalue weighted by Crippen LogP contribution is -2.72. The van der Waals surface area contributed by atoms with Crippen LogP contribution in [0.1, 0.15) is 38.3 Å². The predicted molar refractivity (Wildman–Crippen MR) is 133 cm³/mol. The van der Waals surface area contributed by atoms with Crippen molar-refractivity contribution in [3.8, 4) is 0 Å². The van der Waals surface area contributed by atoms with E-state index < -0.39 is 28.0 Å². The molecule has 0 aromatic heterocycles. The van der Waals surface area contributed by atoms with E-state index in [-0.39, 0.29) is 48.7 Å². The quantitative estimate of drug-likeness (QED) is 0.536. The summed E-state index contributed by atoms with van der Waals surface area (Å²) in [7, 11) is -3.95. The van der Waals surface area contributed by atoms with Gasteiger partial charge in [-0.2, -0.15) is 4.31 Å². The van der Waals surface area contributed by atoms with Crippen LogP contribution in [0.3, 0.4) is 0 Å². The fourth-order valence-electron chi connectivity index (χ4n) is 4.90. The minimum Gasteiger partial charge on any atom is -0.335 e. The maximum absolute atomic E-state index is 13.9. The van der Waals surface area contributed by atoms with Gasteiger partial charge in [-0.05, 0) is 61.7 Å². The Balaban J connectivity index is 1.77. The molecule has 0 aliphatic carbocycles. The van der Waals surface area contributed by atoms with Crippen molar-refractivity contribution in [2.75, 3.05) is 13.1 Å². The van der Waals surface area contributed by atoms with Gasteiger partial charge in [-0.1, -0.05) is 35.0 Å². The first-order valence-corrected chi connectivity index (χ1v) is 13.9. The Hall–Kier alpha value is -2.30. The van der Waals surface area contributed by atoms with Gasteiger partial charge in [-0.25, -0.2) is 12.8 Å². The Morgan fingerprint density at radius 3 is 2.43 bits per heavy atom. The molecule has 7 nitrogen and oxygen atoms in total. The molecule has 2 aromatic rings. The van der Waals surface area contributed by atoms with Crippen LogP contribution in [0.2, 0.25) is 0 Å². The van der Waals surface area contributed by atoms with Crippen LogP contribution in [-0.2, 0) is 32.5 Å². The highest BCUT2D eigenvalue weighted by molar-refractivity contribution is 9.10. The molecule has 0 bridgehead atoms. The summed E-state index contributed by atoms with van der Waals surface area (Å²) in [4.78, 5) is 29.9. The molecule has 2 fully saturated rings. The third kappa shape index (κ3) is 4.88. The van der Waals surface area contributed by atoms with Crippen LogP contribution in [-0.4, -0.2) is 65.7 Å². The van der Waals surface area contributed by atoms with E-state index in [4.69, 9.17) is 0 Å². The lowest BCUT2D eigenvalue weighted by molar-refractivity contribution is -0.166. The van der Waals surface area contributed by atoms with Crippen LogP contribution < -0.4 is 0 Å². The zero-order valence-corrected chi connectivity index (χ0v) is 22.4. The number of fused-ring (bicyclic) bond motifs is 1. The number of nitrogens with zero attached hydrogens (tertiary/aromatic N) is 3. The predicted octanol–water partition coefficient (Wildman–Crippen LogP) is 3.56. The van der Waals surface area contributed by atoms with E-state index in [1.807, 2.05) is 20.8 Å². The van der Waals surface area contributed by atoms with Gasteiger partial charge in [0.2, 0.25) is 21.8 Å². The Morgan fingerprint density at radius 2 is 1.80 bits per heavy atom. The molecule has 10 heteroatoms. The second-order valence-corrected chi connectivity index (χ2v) is 12.0. The number of hydrogen-bond acceptors (Lipinski definition) is 4. The summed E-state index contributed by atoms with van der Waals surface area (Å²) in [6, 6.07) is 9.83. The standard InChI is InChI=1S/C25H29BrFN3O4S/c1-4-18-14-19(26)7-10-22(18)35(33,34)29-12-11-24(31)30-21(13-17-5-8-20(27)9-6-17)25(32)28(16(2)3)15-23(29)30/h5-10,14,16,21,23H,4,11-13,15H2,1-3H3. The maximum Gasteiger partial charge on any atom is 0.246 e. The molecule has 4 rings (SSSR count). The molecule has 2 saturated heterocycles. The summed E-state index contributed by atoms with van der Waals surface area (Å²) in [5.41, 5.74) is 1.38. The number of hydrogen-bond donors (Lipinski definition) is 0. The summed E-state index contributed by atoms with van der Waals surface area (Å²) in [6.07, 6.45) is -0.126. The number of sulfonamides is 1. The highest BCUT2D eigenvalue weighted by Crippen LogP contribution is 2.33. The molecule has 2 atom stereocenters. The van der Waals surface area contributed by atoms with Gasteiger partial charge in [0.15, 0.2) is 0 Å². The minimum absolute atomic E-state index is 0.0113. The van der Waals surface area contributed by atoms with Gasteiger partial charge in [0.25, 0.3) is 0 Å². The van der Waals surface area contributed by atoms with Crippen LogP contribution in [0.4, 0.5) is 4.39 Å². The molecule has 2 amide bonds. The smallest absolute Gasteiger partial charge is 0.246 e. The average Bonchev–Trinajstić information content (AvgIpc) is 2.81. The second-order valence-electron chi connectivity index (χ2n) is 9.18. The molecule has 0 radical (unpaired) electrons. The lowest BCUT2D eigenvalue weighted by Gasteiger charge is -2.52. The van der Waals surface area contributed by atoms with Gasteiger partial charge in [0.1, 0.15) is 18.0 Å². The maximum atomic E-state index is 13.9. The van der Waals surface area contributed by atoms with Crippen molar-refractivity contribution in [3.63, 3.8) is 0 Å². The average molecular weight is 566 g/mol. The first-order valence-electron chi connectivity index (χ1n) is 11.7. The van der Waals surface area contributed by atoms with E-state index in [0.717, 1.165) is 4.47 Å².